The Morgan fingerprint density at radius 2 is 1.89 bits per heavy atom. The number of anilines is 2. The van der Waals surface area contributed by atoms with Crippen LogP contribution in [-0.4, -0.2) is 20.1 Å². The average molecular weight is 501 g/mol. The predicted octanol–water partition coefficient (Wildman–Crippen LogP) is 5.86. The molecule has 35 heavy (non-hydrogen) atoms. The standard InChI is InChI=1S/C24H16N6O3S2/c1-5-18(25-8-1)29-21(22-26-9-13-32-22)20(23-27-10-15-35-23)24(16-7-12-33-28-16,17-4-2-11-31-17)30(29)19-6-3-14-34-19/h1-15,25H. The van der Waals surface area contributed by atoms with Crippen LogP contribution in [0.15, 0.2) is 104 Å². The van der Waals surface area contributed by atoms with Crippen molar-refractivity contribution < 1.29 is 13.4 Å². The number of H-pyrrole nitrogens is 1. The highest BCUT2D eigenvalue weighted by molar-refractivity contribution is 7.14. The Kier molecular flexibility index (Phi) is 4.50. The molecule has 0 aromatic carbocycles. The maximum absolute atomic E-state index is 6.17. The summed E-state index contributed by atoms with van der Waals surface area (Å²) in [4.78, 5) is 12.6. The van der Waals surface area contributed by atoms with E-state index < -0.39 is 5.54 Å². The van der Waals surface area contributed by atoms with Crippen LogP contribution >= 0.6 is 22.7 Å². The van der Waals surface area contributed by atoms with Crippen LogP contribution in [0.2, 0.25) is 0 Å². The summed E-state index contributed by atoms with van der Waals surface area (Å²) in [5.74, 6) is 1.88. The lowest BCUT2D eigenvalue weighted by Crippen LogP contribution is -2.51. The third-order valence-electron chi connectivity index (χ3n) is 5.82. The van der Waals surface area contributed by atoms with Gasteiger partial charge in [-0.1, -0.05) is 5.16 Å². The van der Waals surface area contributed by atoms with Crippen molar-refractivity contribution in [1.29, 1.82) is 0 Å². The molecular formula is C24H16N6O3S2. The van der Waals surface area contributed by atoms with Gasteiger partial charge in [0.25, 0.3) is 0 Å². The Morgan fingerprint density at radius 1 is 0.886 bits per heavy atom. The number of aromatic nitrogens is 4. The molecule has 0 fully saturated rings. The van der Waals surface area contributed by atoms with Gasteiger partial charge in [0.05, 0.1) is 18.0 Å². The van der Waals surface area contributed by atoms with Crippen molar-refractivity contribution in [2.24, 2.45) is 0 Å². The number of thiazole rings is 1. The van der Waals surface area contributed by atoms with Crippen LogP contribution in [0.3, 0.4) is 0 Å². The van der Waals surface area contributed by atoms with Crippen molar-refractivity contribution in [3.05, 3.63) is 113 Å². The highest BCUT2D eigenvalue weighted by atomic mass is 32.1. The fraction of sp³-hybridized carbons (Fsp3) is 0.0417. The lowest BCUT2D eigenvalue weighted by Gasteiger charge is -2.41. The summed E-state index contributed by atoms with van der Waals surface area (Å²) in [6.07, 6.45) is 10.1. The third kappa shape index (κ3) is 2.82. The van der Waals surface area contributed by atoms with E-state index in [1.54, 1.807) is 42.5 Å². The van der Waals surface area contributed by atoms with E-state index in [0.29, 0.717) is 23.0 Å². The van der Waals surface area contributed by atoms with Gasteiger partial charge in [0.2, 0.25) is 5.89 Å². The monoisotopic (exact) mass is 500 g/mol. The van der Waals surface area contributed by atoms with E-state index in [1.807, 2.05) is 58.4 Å². The lowest BCUT2D eigenvalue weighted by atomic mass is 9.83. The number of oxazole rings is 1. The molecular weight excluding hydrogens is 484 g/mol. The second-order valence-corrected chi connectivity index (χ2v) is 9.42. The van der Waals surface area contributed by atoms with Gasteiger partial charge in [-0.2, -0.15) is 0 Å². The van der Waals surface area contributed by atoms with E-state index in [9.17, 15) is 0 Å². The molecule has 7 rings (SSSR count). The number of thiophene rings is 1. The van der Waals surface area contributed by atoms with E-state index in [4.69, 9.17) is 18.3 Å². The molecule has 0 bridgehead atoms. The number of hydrazine groups is 1. The Hall–Kier alpha value is -4.35. The maximum atomic E-state index is 6.17. The molecule has 0 saturated carbocycles. The summed E-state index contributed by atoms with van der Waals surface area (Å²) in [7, 11) is 0. The summed E-state index contributed by atoms with van der Waals surface area (Å²) >= 11 is 3.11. The fourth-order valence-electron chi connectivity index (χ4n) is 4.58. The third-order valence-corrected chi connectivity index (χ3v) is 7.45. The minimum Gasteiger partial charge on any atom is -0.466 e. The van der Waals surface area contributed by atoms with Crippen LogP contribution in [0.25, 0.3) is 11.3 Å². The lowest BCUT2D eigenvalue weighted by molar-refractivity contribution is 0.380. The van der Waals surface area contributed by atoms with Crippen LogP contribution < -0.4 is 10.0 Å². The Labute approximate surface area is 206 Å². The van der Waals surface area contributed by atoms with E-state index >= 15 is 0 Å². The van der Waals surface area contributed by atoms with Gasteiger partial charge in [-0.25, -0.2) is 20.0 Å². The summed E-state index contributed by atoms with van der Waals surface area (Å²) in [6, 6.07) is 13.7. The van der Waals surface area contributed by atoms with E-state index in [2.05, 4.69) is 26.2 Å². The maximum Gasteiger partial charge on any atom is 0.245 e. The number of nitrogens with one attached hydrogen (secondary N) is 1. The zero-order valence-electron chi connectivity index (χ0n) is 17.9. The predicted molar refractivity (Wildman–Crippen MR) is 131 cm³/mol. The molecule has 9 nitrogen and oxygen atoms in total. The Balaban J connectivity index is 1.69. The molecule has 6 aromatic heterocycles. The second kappa shape index (κ2) is 7.86. The zero-order valence-corrected chi connectivity index (χ0v) is 19.6. The summed E-state index contributed by atoms with van der Waals surface area (Å²) in [5.41, 5.74) is 1.06. The quantitative estimate of drug-likeness (QED) is 0.304. The number of furan rings is 1. The number of nitrogens with zero attached hydrogens (tertiary/aromatic N) is 5. The molecule has 1 aliphatic heterocycles. The SMILES string of the molecule is c1c[nH]c(N2C(c3ncco3)=C(c3nccs3)C(c3ccon3)(c3ccco3)N2c2cccs2)c1. The van der Waals surface area contributed by atoms with Crippen molar-refractivity contribution >= 4 is 44.8 Å². The molecule has 1 atom stereocenters. The zero-order chi connectivity index (χ0) is 23.2. The van der Waals surface area contributed by atoms with E-state index in [-0.39, 0.29) is 0 Å². The highest BCUT2D eigenvalue weighted by Crippen LogP contribution is 2.59. The van der Waals surface area contributed by atoms with Crippen molar-refractivity contribution in [2.45, 2.75) is 5.54 Å². The molecule has 0 saturated heterocycles. The minimum absolute atomic E-state index is 0.434. The van der Waals surface area contributed by atoms with Crippen molar-refractivity contribution in [2.75, 3.05) is 10.0 Å². The van der Waals surface area contributed by atoms with Crippen LogP contribution in [0.1, 0.15) is 22.4 Å². The molecule has 0 aliphatic carbocycles. The first-order valence-electron chi connectivity index (χ1n) is 10.7. The van der Waals surface area contributed by atoms with Crippen LogP contribution in [-0.2, 0) is 5.54 Å². The van der Waals surface area contributed by atoms with Crippen LogP contribution in [0.4, 0.5) is 10.8 Å². The minimum atomic E-state index is -1.09. The van der Waals surface area contributed by atoms with Gasteiger partial charge >= 0.3 is 0 Å². The second-order valence-electron chi connectivity index (χ2n) is 7.60. The van der Waals surface area contributed by atoms with Gasteiger partial charge < -0.3 is 18.3 Å². The van der Waals surface area contributed by atoms with Gasteiger partial charge in [0.1, 0.15) is 45.5 Å². The van der Waals surface area contributed by atoms with E-state index in [1.165, 1.54) is 11.3 Å². The van der Waals surface area contributed by atoms with Gasteiger partial charge in [-0.3, -0.25) is 0 Å². The Bertz CT molecular complexity index is 1500. The summed E-state index contributed by atoms with van der Waals surface area (Å²) < 4.78 is 17.5. The topological polar surface area (TPSA) is 100 Å². The van der Waals surface area contributed by atoms with Crippen LogP contribution in [0.5, 0.6) is 0 Å². The molecule has 172 valence electrons. The molecule has 0 spiro atoms. The molecule has 0 radical (unpaired) electrons. The van der Waals surface area contributed by atoms with Crippen molar-refractivity contribution in [3.63, 3.8) is 0 Å². The molecule has 1 N–H and O–H groups in total. The number of rotatable bonds is 6. The highest BCUT2D eigenvalue weighted by Gasteiger charge is 2.61. The molecule has 7 heterocycles. The number of aromatic amines is 1. The largest absolute Gasteiger partial charge is 0.466 e. The number of hydrogen-bond acceptors (Lipinski definition) is 10. The normalized spacial score (nSPS) is 18.2. The van der Waals surface area contributed by atoms with Gasteiger partial charge in [0, 0.05) is 23.8 Å². The average Bonchev–Trinajstić information content (AvgIpc) is 3.71. The first-order chi connectivity index (χ1) is 17.4. The van der Waals surface area contributed by atoms with Gasteiger partial charge in [-0.15, -0.1) is 22.7 Å². The Morgan fingerprint density at radius 3 is 2.54 bits per heavy atom. The van der Waals surface area contributed by atoms with Crippen molar-refractivity contribution in [3.8, 4) is 0 Å². The molecule has 11 heteroatoms. The fourth-order valence-corrected chi connectivity index (χ4v) is 6.09. The smallest absolute Gasteiger partial charge is 0.245 e. The van der Waals surface area contributed by atoms with E-state index in [0.717, 1.165) is 21.4 Å². The summed E-state index contributed by atoms with van der Waals surface area (Å²) in [6.45, 7) is 0. The summed E-state index contributed by atoms with van der Waals surface area (Å²) in [5, 5.41) is 14.3. The van der Waals surface area contributed by atoms with Crippen molar-refractivity contribution in [1.82, 2.24) is 20.1 Å². The van der Waals surface area contributed by atoms with Crippen LogP contribution in [0, 0.1) is 0 Å². The van der Waals surface area contributed by atoms with Gasteiger partial charge in [0.15, 0.2) is 5.54 Å². The first kappa shape index (κ1) is 20.1. The molecule has 1 unspecified atom stereocenters. The molecule has 0 amide bonds. The number of hydrogen-bond donors (Lipinski definition) is 1. The van der Waals surface area contributed by atoms with Gasteiger partial charge in [-0.05, 0) is 41.8 Å². The molecule has 6 aromatic rings. The molecule has 1 aliphatic rings. The first-order valence-corrected chi connectivity index (χ1v) is 12.4.